The third kappa shape index (κ3) is 16.7. The number of rotatable bonds is 14. The van der Waals surface area contributed by atoms with E-state index in [-0.39, 0.29) is 12.8 Å². The van der Waals surface area contributed by atoms with Crippen molar-refractivity contribution in [2.75, 3.05) is 27.8 Å². The van der Waals surface area contributed by atoms with Crippen molar-refractivity contribution in [2.45, 2.75) is 57.8 Å². The molecule has 0 aliphatic heterocycles. The van der Waals surface area contributed by atoms with Crippen LogP contribution < -0.4 is 0 Å². The Balaban J connectivity index is 3.35. The van der Waals surface area contributed by atoms with Crippen molar-refractivity contribution in [3.8, 4) is 0 Å². The summed E-state index contributed by atoms with van der Waals surface area (Å²) in [6.07, 6.45) is 4.87. The lowest BCUT2D eigenvalue weighted by Crippen LogP contribution is -2.12. The number of methoxy groups -OCH3 is 2. The summed E-state index contributed by atoms with van der Waals surface area (Å²) in [4.78, 5) is 44.0. The van der Waals surface area contributed by atoms with E-state index in [9.17, 15) is 19.2 Å². The molecule has 0 aliphatic carbocycles. The highest BCUT2D eigenvalue weighted by atomic mass is 16.8. The minimum atomic E-state index is -0.898. The van der Waals surface area contributed by atoms with Crippen LogP contribution in [0, 0.1) is 0 Å². The highest BCUT2D eigenvalue weighted by molar-refractivity contribution is 5.69. The van der Waals surface area contributed by atoms with Crippen LogP contribution in [0.15, 0.2) is 0 Å². The van der Waals surface area contributed by atoms with E-state index in [0.717, 1.165) is 32.1 Å². The Hall–Kier alpha value is -2.52. The molecule has 0 heterocycles. The van der Waals surface area contributed by atoms with Gasteiger partial charge in [0.1, 0.15) is 0 Å². The zero-order chi connectivity index (χ0) is 20.3. The van der Waals surface area contributed by atoms with Crippen LogP contribution in [-0.2, 0) is 38.0 Å². The molecule has 0 saturated heterocycles. The first-order valence-corrected chi connectivity index (χ1v) is 8.72. The van der Waals surface area contributed by atoms with Crippen LogP contribution in [0.3, 0.4) is 0 Å². The quantitative estimate of drug-likeness (QED) is 0.188. The van der Waals surface area contributed by atoms with Crippen LogP contribution in [0.5, 0.6) is 0 Å². The maximum absolute atomic E-state index is 11.3. The number of carbonyl (C=O) groups is 4. The van der Waals surface area contributed by atoms with E-state index in [0.29, 0.717) is 12.8 Å². The number of carbonyl (C=O) groups excluding carboxylic acids is 4. The van der Waals surface area contributed by atoms with Crippen LogP contribution in [0.1, 0.15) is 57.8 Å². The van der Waals surface area contributed by atoms with Crippen molar-refractivity contribution < 1.29 is 47.6 Å². The molecule has 0 fully saturated rings. The average molecular weight is 392 g/mol. The monoisotopic (exact) mass is 392 g/mol. The Morgan fingerprint density at radius 1 is 0.519 bits per heavy atom. The minimum absolute atomic E-state index is 0.268. The lowest BCUT2D eigenvalue weighted by atomic mass is 10.1. The van der Waals surface area contributed by atoms with Crippen LogP contribution in [0.2, 0.25) is 0 Å². The summed E-state index contributed by atoms with van der Waals surface area (Å²) in [6, 6.07) is 0. The SMILES string of the molecule is COC(=O)OCOC(=O)CCCCCCCCCC(=O)OCOC(=O)OC. The van der Waals surface area contributed by atoms with Crippen LogP contribution >= 0.6 is 0 Å². The average Bonchev–Trinajstić information content (AvgIpc) is 2.66. The summed E-state index contributed by atoms with van der Waals surface area (Å²) in [5.74, 6) is -0.845. The molecule has 156 valence electrons. The van der Waals surface area contributed by atoms with E-state index in [2.05, 4.69) is 18.9 Å². The Bertz CT molecular complexity index is 409. The smallest absolute Gasteiger partial charge is 0.438 e. The van der Waals surface area contributed by atoms with E-state index >= 15 is 0 Å². The molecule has 0 aromatic heterocycles. The first kappa shape index (κ1) is 24.5. The largest absolute Gasteiger partial charge is 0.510 e. The van der Waals surface area contributed by atoms with Gasteiger partial charge in [-0.25, -0.2) is 9.59 Å². The summed E-state index contributed by atoms with van der Waals surface area (Å²) in [7, 11) is 2.33. The molecule has 0 saturated carbocycles. The van der Waals surface area contributed by atoms with Gasteiger partial charge < -0.3 is 28.4 Å². The molecule has 0 radical (unpaired) electrons. The molecule has 0 rings (SSSR count). The van der Waals surface area contributed by atoms with E-state index in [1.165, 1.54) is 14.2 Å². The second-order valence-electron chi connectivity index (χ2n) is 5.44. The van der Waals surface area contributed by atoms with Gasteiger partial charge in [-0.1, -0.05) is 32.1 Å². The predicted octanol–water partition coefficient (Wildman–Crippen LogP) is 3.06. The van der Waals surface area contributed by atoms with Crippen molar-refractivity contribution in [1.29, 1.82) is 0 Å². The molecule has 0 aromatic rings. The van der Waals surface area contributed by atoms with Gasteiger partial charge in [-0.3, -0.25) is 9.59 Å². The van der Waals surface area contributed by atoms with Crippen LogP contribution in [-0.4, -0.2) is 52.1 Å². The van der Waals surface area contributed by atoms with Gasteiger partial charge in [0.15, 0.2) is 0 Å². The Labute approximate surface area is 158 Å². The van der Waals surface area contributed by atoms with Crippen molar-refractivity contribution >= 4 is 24.2 Å². The van der Waals surface area contributed by atoms with E-state index in [1.807, 2.05) is 0 Å². The first-order valence-electron chi connectivity index (χ1n) is 8.72. The van der Waals surface area contributed by atoms with Crippen molar-refractivity contribution in [2.24, 2.45) is 0 Å². The second-order valence-corrected chi connectivity index (χ2v) is 5.44. The summed E-state index contributed by atoms with van der Waals surface area (Å²) >= 11 is 0. The first-order chi connectivity index (χ1) is 13.0. The number of hydrogen-bond acceptors (Lipinski definition) is 10. The fourth-order valence-electron chi connectivity index (χ4n) is 1.97. The maximum Gasteiger partial charge on any atom is 0.510 e. The van der Waals surface area contributed by atoms with Crippen molar-refractivity contribution in [3.05, 3.63) is 0 Å². The van der Waals surface area contributed by atoms with Crippen molar-refractivity contribution in [3.63, 3.8) is 0 Å². The van der Waals surface area contributed by atoms with Gasteiger partial charge in [-0.2, -0.15) is 0 Å². The molecule has 0 N–H and O–H groups in total. The fourth-order valence-corrected chi connectivity index (χ4v) is 1.97. The summed E-state index contributed by atoms with van der Waals surface area (Å²) < 4.78 is 26.7. The normalized spacial score (nSPS) is 9.85. The number of unbranched alkanes of at least 4 members (excludes halogenated alkanes) is 6. The number of hydrogen-bond donors (Lipinski definition) is 0. The molecule has 0 aromatic carbocycles. The molecule has 10 heteroatoms. The zero-order valence-electron chi connectivity index (χ0n) is 15.9. The second kappa shape index (κ2) is 16.9. The lowest BCUT2D eigenvalue weighted by Gasteiger charge is -2.06. The van der Waals surface area contributed by atoms with E-state index in [1.54, 1.807) is 0 Å². The third-order valence-corrected chi connectivity index (χ3v) is 3.39. The summed E-state index contributed by atoms with van der Waals surface area (Å²) in [5.41, 5.74) is 0. The van der Waals surface area contributed by atoms with Gasteiger partial charge in [0.25, 0.3) is 0 Å². The van der Waals surface area contributed by atoms with Crippen LogP contribution in [0.4, 0.5) is 9.59 Å². The van der Waals surface area contributed by atoms with E-state index < -0.39 is 37.8 Å². The number of ether oxygens (including phenoxy) is 6. The standard InChI is InChI=1S/C17H28O10/c1-22-16(20)26-12-24-14(18)10-8-6-4-3-5-7-9-11-15(19)25-13-27-17(21)23-2/h3-13H2,1-2H3. The van der Waals surface area contributed by atoms with Gasteiger partial charge >= 0.3 is 24.2 Å². The number of esters is 2. The Morgan fingerprint density at radius 2 is 0.852 bits per heavy atom. The van der Waals surface area contributed by atoms with Crippen LogP contribution in [0.25, 0.3) is 0 Å². The molecule has 10 nitrogen and oxygen atoms in total. The molecular weight excluding hydrogens is 364 g/mol. The highest BCUT2D eigenvalue weighted by Crippen LogP contribution is 2.10. The highest BCUT2D eigenvalue weighted by Gasteiger charge is 2.06. The van der Waals surface area contributed by atoms with Gasteiger partial charge in [0, 0.05) is 12.8 Å². The lowest BCUT2D eigenvalue weighted by molar-refractivity contribution is -0.154. The van der Waals surface area contributed by atoms with Gasteiger partial charge in [0.2, 0.25) is 13.6 Å². The molecule has 0 bridgehead atoms. The Morgan fingerprint density at radius 3 is 1.19 bits per heavy atom. The summed E-state index contributed by atoms with van der Waals surface area (Å²) in [5, 5.41) is 0. The van der Waals surface area contributed by atoms with Gasteiger partial charge in [-0.05, 0) is 12.8 Å². The molecule has 0 spiro atoms. The third-order valence-electron chi connectivity index (χ3n) is 3.39. The van der Waals surface area contributed by atoms with Gasteiger partial charge in [0.05, 0.1) is 14.2 Å². The maximum atomic E-state index is 11.3. The van der Waals surface area contributed by atoms with Crippen molar-refractivity contribution in [1.82, 2.24) is 0 Å². The topological polar surface area (TPSA) is 124 Å². The molecule has 27 heavy (non-hydrogen) atoms. The minimum Gasteiger partial charge on any atom is -0.438 e. The van der Waals surface area contributed by atoms with Gasteiger partial charge in [-0.15, -0.1) is 0 Å². The predicted molar refractivity (Wildman–Crippen MR) is 90.5 cm³/mol. The van der Waals surface area contributed by atoms with E-state index in [4.69, 9.17) is 9.47 Å². The zero-order valence-corrected chi connectivity index (χ0v) is 15.9. The molecule has 0 unspecified atom stereocenters. The molecule has 0 amide bonds. The molecule has 0 aliphatic rings. The Kier molecular flexibility index (Phi) is 15.3. The summed E-state index contributed by atoms with van der Waals surface area (Å²) in [6.45, 7) is -0.883. The molecular formula is C17H28O10. The fraction of sp³-hybridized carbons (Fsp3) is 0.765. The molecule has 0 atom stereocenters.